The van der Waals surface area contributed by atoms with Gasteiger partial charge < -0.3 is 9.47 Å². The molecule has 0 saturated carbocycles. The van der Waals surface area contributed by atoms with Crippen molar-refractivity contribution in [2.75, 3.05) is 12.5 Å². The molecule has 10 heteroatoms. The third-order valence-corrected chi connectivity index (χ3v) is 3.85. The van der Waals surface area contributed by atoms with Crippen LogP contribution in [0.25, 0.3) is 0 Å². The van der Waals surface area contributed by atoms with Gasteiger partial charge in [-0.25, -0.2) is 4.98 Å². The first kappa shape index (κ1) is 19.5. The number of hydrazine groups is 1. The number of methoxy groups -OCH3 is 1. The highest BCUT2D eigenvalue weighted by molar-refractivity contribution is 5.95. The van der Waals surface area contributed by atoms with E-state index >= 15 is 0 Å². The number of anilines is 1. The van der Waals surface area contributed by atoms with E-state index in [-0.39, 0.29) is 11.7 Å². The van der Waals surface area contributed by atoms with Crippen molar-refractivity contribution in [2.24, 2.45) is 0 Å². The van der Waals surface area contributed by atoms with E-state index in [1.807, 2.05) is 6.92 Å². The first-order chi connectivity index (χ1) is 14.0. The average Bonchev–Trinajstić information content (AvgIpc) is 2.73. The normalized spacial score (nSPS) is 10.1. The van der Waals surface area contributed by atoms with Crippen LogP contribution in [0.15, 0.2) is 54.9 Å². The number of benzene rings is 2. The molecule has 0 aliphatic rings. The Kier molecular flexibility index (Phi) is 5.83. The van der Waals surface area contributed by atoms with Crippen LogP contribution in [-0.4, -0.2) is 27.9 Å². The van der Waals surface area contributed by atoms with Crippen molar-refractivity contribution in [2.45, 2.75) is 6.92 Å². The van der Waals surface area contributed by atoms with E-state index in [0.29, 0.717) is 17.1 Å². The molecule has 0 atom stereocenters. The molecule has 0 spiro atoms. The molecule has 2 N–H and O–H groups in total. The van der Waals surface area contributed by atoms with E-state index < -0.39 is 16.5 Å². The summed E-state index contributed by atoms with van der Waals surface area (Å²) in [6.45, 7) is 1.91. The molecular formula is C19H17N5O5. The van der Waals surface area contributed by atoms with Gasteiger partial charge in [-0.15, -0.1) is 0 Å². The summed E-state index contributed by atoms with van der Waals surface area (Å²) in [7, 11) is 1.52. The summed E-state index contributed by atoms with van der Waals surface area (Å²) >= 11 is 0. The second-order valence-corrected chi connectivity index (χ2v) is 5.86. The topological polar surface area (TPSA) is 129 Å². The average molecular weight is 395 g/mol. The summed E-state index contributed by atoms with van der Waals surface area (Å²) in [6.07, 6.45) is 1.10. The van der Waals surface area contributed by atoms with Crippen molar-refractivity contribution in [3.05, 3.63) is 76.1 Å². The van der Waals surface area contributed by atoms with Gasteiger partial charge in [0, 0.05) is 5.56 Å². The van der Waals surface area contributed by atoms with Crippen LogP contribution in [0.4, 0.5) is 11.5 Å². The van der Waals surface area contributed by atoms with Gasteiger partial charge in [0.1, 0.15) is 17.8 Å². The van der Waals surface area contributed by atoms with Crippen LogP contribution in [0.2, 0.25) is 0 Å². The lowest BCUT2D eigenvalue weighted by Gasteiger charge is -2.10. The number of carbonyl (C=O) groups is 1. The fraction of sp³-hybridized carbons (Fsp3) is 0.105. The molecule has 0 fully saturated rings. The van der Waals surface area contributed by atoms with Gasteiger partial charge in [0.2, 0.25) is 5.82 Å². The minimum Gasteiger partial charge on any atom is -0.497 e. The monoisotopic (exact) mass is 395 g/mol. The van der Waals surface area contributed by atoms with E-state index in [1.54, 1.807) is 48.5 Å². The number of hydrogen-bond donors (Lipinski definition) is 2. The van der Waals surface area contributed by atoms with E-state index in [2.05, 4.69) is 20.8 Å². The van der Waals surface area contributed by atoms with Crippen LogP contribution in [0, 0.1) is 17.0 Å². The first-order valence-electron chi connectivity index (χ1n) is 8.42. The number of carbonyl (C=O) groups excluding carboxylic acids is 1. The Labute approximate surface area is 165 Å². The molecule has 3 rings (SSSR count). The molecule has 10 nitrogen and oxygen atoms in total. The number of nitrogens with zero attached hydrogens (tertiary/aromatic N) is 3. The van der Waals surface area contributed by atoms with Crippen molar-refractivity contribution in [1.82, 2.24) is 15.4 Å². The number of nitrogens with one attached hydrogen (secondary N) is 2. The summed E-state index contributed by atoms with van der Waals surface area (Å²) in [4.78, 5) is 30.8. The zero-order valence-electron chi connectivity index (χ0n) is 15.6. The van der Waals surface area contributed by atoms with Gasteiger partial charge in [-0.05, 0) is 43.3 Å². The Bertz CT molecular complexity index is 1020. The SMILES string of the molecule is COc1ccc(C(=O)NNc2ncnc(Oc3ccc(C)cc3)c2[N+](=O)[O-])cc1. The molecule has 0 aliphatic carbocycles. The van der Waals surface area contributed by atoms with Gasteiger partial charge >= 0.3 is 11.6 Å². The number of amides is 1. The fourth-order valence-corrected chi connectivity index (χ4v) is 2.34. The number of rotatable bonds is 7. The highest BCUT2D eigenvalue weighted by Gasteiger charge is 2.25. The minimum atomic E-state index is -0.689. The smallest absolute Gasteiger partial charge is 0.374 e. The Morgan fingerprint density at radius 2 is 1.69 bits per heavy atom. The zero-order chi connectivity index (χ0) is 20.8. The number of aryl methyl sites for hydroxylation is 1. The van der Waals surface area contributed by atoms with Crippen molar-refractivity contribution in [3.8, 4) is 17.4 Å². The maximum atomic E-state index is 12.2. The van der Waals surface area contributed by atoms with Crippen LogP contribution in [-0.2, 0) is 0 Å². The predicted octanol–water partition coefficient (Wildman–Crippen LogP) is 3.25. The zero-order valence-corrected chi connectivity index (χ0v) is 15.6. The fourth-order valence-electron chi connectivity index (χ4n) is 2.34. The van der Waals surface area contributed by atoms with Crippen LogP contribution >= 0.6 is 0 Å². The van der Waals surface area contributed by atoms with E-state index in [4.69, 9.17) is 9.47 Å². The van der Waals surface area contributed by atoms with Crippen LogP contribution < -0.4 is 20.3 Å². The molecule has 29 heavy (non-hydrogen) atoms. The molecule has 0 saturated heterocycles. The standard InChI is InChI=1S/C19H17N5O5/c1-12-3-7-15(8-4-12)29-19-16(24(26)27)17(20-11-21-19)22-23-18(25)13-5-9-14(28-2)10-6-13/h3-11H,1-2H3,(H,23,25)(H,20,21,22). The quantitative estimate of drug-likeness (QED) is 0.461. The molecule has 1 aromatic heterocycles. The first-order valence-corrected chi connectivity index (χ1v) is 8.42. The molecule has 0 radical (unpaired) electrons. The molecule has 148 valence electrons. The van der Waals surface area contributed by atoms with E-state index in [9.17, 15) is 14.9 Å². The third kappa shape index (κ3) is 4.75. The molecule has 1 amide bonds. The number of ether oxygens (including phenoxy) is 2. The highest BCUT2D eigenvalue weighted by atomic mass is 16.6. The molecule has 1 heterocycles. The van der Waals surface area contributed by atoms with Crippen molar-refractivity contribution < 1.29 is 19.2 Å². The molecular weight excluding hydrogens is 378 g/mol. The summed E-state index contributed by atoms with van der Waals surface area (Å²) in [5.74, 6) is -0.00458. The van der Waals surface area contributed by atoms with E-state index in [1.165, 1.54) is 7.11 Å². The lowest BCUT2D eigenvalue weighted by Crippen LogP contribution is -2.30. The van der Waals surface area contributed by atoms with Crippen LogP contribution in [0.3, 0.4) is 0 Å². The summed E-state index contributed by atoms with van der Waals surface area (Å²) < 4.78 is 10.6. The Balaban J connectivity index is 1.78. The summed E-state index contributed by atoms with van der Waals surface area (Å²) in [5, 5.41) is 11.6. The van der Waals surface area contributed by atoms with E-state index in [0.717, 1.165) is 11.9 Å². The summed E-state index contributed by atoms with van der Waals surface area (Å²) in [5.41, 5.74) is 5.65. The number of aromatic nitrogens is 2. The second kappa shape index (κ2) is 8.65. The lowest BCUT2D eigenvalue weighted by atomic mass is 10.2. The Hall–Kier alpha value is -4.21. The summed E-state index contributed by atoms with van der Waals surface area (Å²) in [6, 6.07) is 13.3. The Morgan fingerprint density at radius 1 is 1.03 bits per heavy atom. The number of nitro groups is 1. The molecule has 3 aromatic rings. The van der Waals surface area contributed by atoms with Gasteiger partial charge in [-0.1, -0.05) is 17.7 Å². The van der Waals surface area contributed by atoms with Crippen molar-refractivity contribution in [3.63, 3.8) is 0 Å². The van der Waals surface area contributed by atoms with Gasteiger partial charge in [0.25, 0.3) is 5.91 Å². The second-order valence-electron chi connectivity index (χ2n) is 5.86. The van der Waals surface area contributed by atoms with Crippen molar-refractivity contribution >= 4 is 17.4 Å². The highest BCUT2D eigenvalue weighted by Crippen LogP contribution is 2.33. The molecule has 0 bridgehead atoms. The maximum Gasteiger partial charge on any atom is 0.374 e. The van der Waals surface area contributed by atoms with Crippen molar-refractivity contribution in [1.29, 1.82) is 0 Å². The van der Waals surface area contributed by atoms with Gasteiger partial charge in [-0.3, -0.25) is 25.8 Å². The van der Waals surface area contributed by atoms with Gasteiger partial charge in [0.05, 0.1) is 12.0 Å². The van der Waals surface area contributed by atoms with Gasteiger partial charge in [0.15, 0.2) is 0 Å². The Morgan fingerprint density at radius 3 is 2.31 bits per heavy atom. The van der Waals surface area contributed by atoms with Crippen LogP contribution in [0.1, 0.15) is 15.9 Å². The molecule has 0 aliphatic heterocycles. The minimum absolute atomic E-state index is 0.214. The predicted molar refractivity (Wildman–Crippen MR) is 104 cm³/mol. The lowest BCUT2D eigenvalue weighted by molar-refractivity contribution is -0.385. The number of hydrogen-bond acceptors (Lipinski definition) is 8. The van der Waals surface area contributed by atoms with Gasteiger partial charge in [-0.2, -0.15) is 4.98 Å². The van der Waals surface area contributed by atoms with Crippen LogP contribution in [0.5, 0.6) is 17.4 Å². The third-order valence-electron chi connectivity index (χ3n) is 3.85. The molecule has 2 aromatic carbocycles. The largest absolute Gasteiger partial charge is 0.497 e. The maximum absolute atomic E-state index is 12.2. The molecule has 0 unspecified atom stereocenters.